The van der Waals surface area contributed by atoms with Gasteiger partial charge in [-0.25, -0.2) is 0 Å². The normalized spacial score (nSPS) is 30.4. The lowest BCUT2D eigenvalue weighted by Gasteiger charge is -2.36. The van der Waals surface area contributed by atoms with Crippen molar-refractivity contribution >= 4 is 5.91 Å². The summed E-state index contributed by atoms with van der Waals surface area (Å²) in [5, 5.41) is 0. The van der Waals surface area contributed by atoms with Gasteiger partial charge in [0.1, 0.15) is 0 Å². The van der Waals surface area contributed by atoms with Crippen LogP contribution in [-0.4, -0.2) is 23.4 Å². The van der Waals surface area contributed by atoms with Crippen LogP contribution >= 0.6 is 0 Å². The van der Waals surface area contributed by atoms with Gasteiger partial charge < -0.3 is 4.90 Å². The topological polar surface area (TPSA) is 20.3 Å². The largest absolute Gasteiger partial charge is 0.336 e. The number of piperidine rings is 1. The van der Waals surface area contributed by atoms with Crippen LogP contribution in [0.3, 0.4) is 0 Å². The predicted octanol–water partition coefficient (Wildman–Crippen LogP) is 1.33. The van der Waals surface area contributed by atoms with Gasteiger partial charge in [0.2, 0.25) is 5.91 Å². The Kier molecular flexibility index (Phi) is 1.68. The molecule has 0 aliphatic carbocycles. The molecule has 0 unspecified atom stereocenters. The van der Waals surface area contributed by atoms with Crippen molar-refractivity contribution in [2.75, 3.05) is 6.54 Å². The molecule has 2 rings (SSSR count). The Morgan fingerprint density at radius 3 is 3.18 bits per heavy atom. The van der Waals surface area contributed by atoms with Crippen LogP contribution < -0.4 is 0 Å². The average Bonchev–Trinajstić information content (AvgIpc) is 2.06. The molecule has 0 aromatic rings. The van der Waals surface area contributed by atoms with Crippen LogP contribution in [-0.2, 0) is 4.79 Å². The lowest BCUT2D eigenvalue weighted by atomic mass is 9.96. The minimum atomic E-state index is 0.223. The van der Waals surface area contributed by atoms with E-state index in [0.29, 0.717) is 6.04 Å². The molecule has 0 bridgehead atoms. The van der Waals surface area contributed by atoms with E-state index in [2.05, 4.69) is 0 Å². The Hall–Kier alpha value is -0.790. The molecule has 2 heteroatoms. The average molecular weight is 151 g/mol. The molecule has 0 aromatic heterocycles. The van der Waals surface area contributed by atoms with Crippen LogP contribution in [0.25, 0.3) is 0 Å². The Morgan fingerprint density at radius 1 is 1.45 bits per heavy atom. The summed E-state index contributed by atoms with van der Waals surface area (Å²) in [7, 11) is 0. The Labute approximate surface area is 66.9 Å². The zero-order valence-corrected chi connectivity index (χ0v) is 6.62. The number of fused-ring (bicyclic) bond motifs is 1. The molecular weight excluding hydrogens is 138 g/mol. The van der Waals surface area contributed by atoms with E-state index in [9.17, 15) is 4.79 Å². The molecule has 2 heterocycles. The standard InChI is InChI=1S/C9H13NO/c11-9-6-3-5-8-4-1-2-7-10(8)9/h3,6,8H,1-2,4-5,7H2/t8-/m0/s1. The minimum Gasteiger partial charge on any atom is -0.336 e. The second-order valence-electron chi connectivity index (χ2n) is 3.32. The van der Waals surface area contributed by atoms with Gasteiger partial charge in [-0.1, -0.05) is 6.08 Å². The Bertz CT molecular complexity index is 198. The number of hydrogen-bond acceptors (Lipinski definition) is 1. The monoisotopic (exact) mass is 151 g/mol. The highest BCUT2D eigenvalue weighted by Gasteiger charge is 2.26. The van der Waals surface area contributed by atoms with Crippen LogP contribution in [0.15, 0.2) is 12.2 Å². The molecular formula is C9H13NO. The van der Waals surface area contributed by atoms with Gasteiger partial charge in [-0.2, -0.15) is 0 Å². The summed E-state index contributed by atoms with van der Waals surface area (Å²) in [6.07, 6.45) is 8.48. The molecule has 0 N–H and O–H groups in total. The first-order valence-electron chi connectivity index (χ1n) is 4.35. The molecule has 1 saturated heterocycles. The van der Waals surface area contributed by atoms with Gasteiger partial charge in [0.05, 0.1) is 0 Å². The van der Waals surface area contributed by atoms with Gasteiger partial charge in [-0.15, -0.1) is 0 Å². The smallest absolute Gasteiger partial charge is 0.246 e. The summed E-state index contributed by atoms with van der Waals surface area (Å²) in [6, 6.07) is 0.529. The fraction of sp³-hybridized carbons (Fsp3) is 0.667. The molecule has 0 aromatic carbocycles. The lowest BCUT2D eigenvalue weighted by Crippen LogP contribution is -2.44. The van der Waals surface area contributed by atoms with Crippen molar-refractivity contribution < 1.29 is 4.79 Å². The number of carbonyl (C=O) groups excluding carboxylic acids is 1. The maximum absolute atomic E-state index is 11.3. The van der Waals surface area contributed by atoms with E-state index < -0.39 is 0 Å². The molecule has 1 fully saturated rings. The van der Waals surface area contributed by atoms with E-state index in [1.54, 1.807) is 6.08 Å². The molecule has 0 saturated carbocycles. The van der Waals surface area contributed by atoms with Crippen LogP contribution in [0.5, 0.6) is 0 Å². The molecule has 0 radical (unpaired) electrons. The van der Waals surface area contributed by atoms with Crippen LogP contribution in [0, 0.1) is 0 Å². The first kappa shape index (κ1) is 6.89. The first-order chi connectivity index (χ1) is 5.38. The number of hydrogen-bond donors (Lipinski definition) is 0. The molecule has 2 aliphatic rings. The zero-order valence-electron chi connectivity index (χ0n) is 6.62. The molecule has 2 nitrogen and oxygen atoms in total. The summed E-state index contributed by atoms with van der Waals surface area (Å²) < 4.78 is 0. The van der Waals surface area contributed by atoms with Crippen molar-refractivity contribution in [1.29, 1.82) is 0 Å². The van der Waals surface area contributed by atoms with E-state index in [-0.39, 0.29) is 5.91 Å². The van der Waals surface area contributed by atoms with Crippen LogP contribution in [0.1, 0.15) is 25.7 Å². The third-order valence-corrected chi connectivity index (χ3v) is 2.58. The maximum atomic E-state index is 11.3. The van der Waals surface area contributed by atoms with Crippen molar-refractivity contribution in [2.24, 2.45) is 0 Å². The molecule has 1 amide bonds. The molecule has 60 valence electrons. The minimum absolute atomic E-state index is 0.223. The third-order valence-electron chi connectivity index (χ3n) is 2.58. The van der Waals surface area contributed by atoms with Crippen LogP contribution in [0.2, 0.25) is 0 Å². The molecule has 11 heavy (non-hydrogen) atoms. The summed E-state index contributed by atoms with van der Waals surface area (Å²) in [6.45, 7) is 0.980. The molecule has 0 spiro atoms. The van der Waals surface area contributed by atoms with E-state index in [0.717, 1.165) is 13.0 Å². The highest BCUT2D eigenvalue weighted by Crippen LogP contribution is 2.22. The number of carbonyl (C=O) groups is 1. The second kappa shape index (κ2) is 2.68. The Morgan fingerprint density at radius 2 is 2.36 bits per heavy atom. The van der Waals surface area contributed by atoms with Crippen LogP contribution in [0.4, 0.5) is 0 Å². The summed E-state index contributed by atoms with van der Waals surface area (Å²) in [5.74, 6) is 0.223. The quantitative estimate of drug-likeness (QED) is 0.511. The lowest BCUT2D eigenvalue weighted by molar-refractivity contribution is -0.130. The van der Waals surface area contributed by atoms with Crippen molar-refractivity contribution in [3.63, 3.8) is 0 Å². The van der Waals surface area contributed by atoms with Crippen molar-refractivity contribution in [1.82, 2.24) is 4.90 Å². The first-order valence-corrected chi connectivity index (χ1v) is 4.35. The zero-order chi connectivity index (χ0) is 7.68. The highest BCUT2D eigenvalue weighted by atomic mass is 16.2. The fourth-order valence-corrected chi connectivity index (χ4v) is 1.96. The van der Waals surface area contributed by atoms with E-state index >= 15 is 0 Å². The number of nitrogens with zero attached hydrogens (tertiary/aromatic N) is 1. The molecule has 1 atom stereocenters. The summed E-state index contributed by atoms with van der Waals surface area (Å²) >= 11 is 0. The second-order valence-corrected chi connectivity index (χ2v) is 3.32. The number of amides is 1. The van der Waals surface area contributed by atoms with Crippen molar-refractivity contribution in [2.45, 2.75) is 31.7 Å². The highest BCUT2D eigenvalue weighted by molar-refractivity contribution is 5.88. The van der Waals surface area contributed by atoms with Gasteiger partial charge in [-0.05, 0) is 31.8 Å². The fourth-order valence-electron chi connectivity index (χ4n) is 1.96. The van der Waals surface area contributed by atoms with Crippen molar-refractivity contribution in [3.8, 4) is 0 Å². The van der Waals surface area contributed by atoms with E-state index in [1.807, 2.05) is 11.0 Å². The summed E-state index contributed by atoms with van der Waals surface area (Å²) in [4.78, 5) is 13.3. The Balaban J connectivity index is 2.14. The number of rotatable bonds is 0. The predicted molar refractivity (Wildman–Crippen MR) is 43.1 cm³/mol. The van der Waals surface area contributed by atoms with Gasteiger partial charge in [-0.3, -0.25) is 4.79 Å². The third kappa shape index (κ3) is 1.17. The van der Waals surface area contributed by atoms with Gasteiger partial charge in [0.15, 0.2) is 0 Å². The van der Waals surface area contributed by atoms with Gasteiger partial charge >= 0.3 is 0 Å². The maximum Gasteiger partial charge on any atom is 0.246 e. The van der Waals surface area contributed by atoms with Gasteiger partial charge in [0, 0.05) is 12.6 Å². The van der Waals surface area contributed by atoms with E-state index in [4.69, 9.17) is 0 Å². The molecule has 2 aliphatic heterocycles. The van der Waals surface area contributed by atoms with Crippen molar-refractivity contribution in [3.05, 3.63) is 12.2 Å². The SMILES string of the molecule is O=C1C=CC[C@@H]2CCCCN12. The van der Waals surface area contributed by atoms with E-state index in [1.165, 1.54) is 19.3 Å². The van der Waals surface area contributed by atoms with Gasteiger partial charge in [0.25, 0.3) is 0 Å². The summed E-state index contributed by atoms with van der Waals surface area (Å²) in [5.41, 5.74) is 0.